The lowest BCUT2D eigenvalue weighted by atomic mass is 10.00. The van der Waals surface area contributed by atoms with E-state index in [4.69, 9.17) is 28.7 Å². The van der Waals surface area contributed by atoms with Crippen molar-refractivity contribution in [2.45, 2.75) is 152 Å². The monoisotopic (exact) mass is 1160 g/mol. The first kappa shape index (κ1) is 67.8. The number of nitrogens with two attached hydrogens (primary N) is 5. The van der Waals surface area contributed by atoms with Crippen molar-refractivity contribution >= 4 is 69.8 Å². The molecule has 0 aliphatic carbocycles. The second-order valence-electron chi connectivity index (χ2n) is 21.1. The molecule has 1 heterocycles. The SMILES string of the molecule is CC(C)C[C@@H]1NC(=O)[C@@H](Cc2ccccc2)NC(=O)[C@H](CCN)NC(=O)[C@@H](NC(=O)[C@H](CCN)NC(=O)[C@@H](NC(=O)C[C@H](N)c2ccc3ccccc3c2)C(C)O)CCNC(=O)[C@H](C(C)O)NC(=O)[C@H](CCN)NC(=O)[C@H](CCN)NC1=O. The molecule has 1 aliphatic heterocycles. The molecule has 27 heteroatoms. The fourth-order valence-electron chi connectivity index (χ4n) is 9.17. The van der Waals surface area contributed by atoms with Crippen molar-refractivity contribution in [1.82, 2.24) is 53.2 Å². The van der Waals surface area contributed by atoms with Gasteiger partial charge in [-0.15, -0.1) is 0 Å². The van der Waals surface area contributed by atoms with Crippen LogP contribution in [0.1, 0.15) is 89.8 Å². The summed E-state index contributed by atoms with van der Waals surface area (Å²) in [4.78, 5) is 140. The summed E-state index contributed by atoms with van der Waals surface area (Å²) in [6.45, 7) is 4.95. The molecule has 0 saturated carbocycles. The Kier molecular flexibility index (Phi) is 27.8. The third-order valence-corrected chi connectivity index (χ3v) is 13.7. The highest BCUT2D eigenvalue weighted by Gasteiger charge is 2.37. The van der Waals surface area contributed by atoms with E-state index in [0.717, 1.165) is 10.8 Å². The van der Waals surface area contributed by atoms with Crippen molar-refractivity contribution < 1.29 is 58.2 Å². The molecule has 0 bridgehead atoms. The molecule has 0 aromatic heterocycles. The molecule has 83 heavy (non-hydrogen) atoms. The van der Waals surface area contributed by atoms with Gasteiger partial charge in [0.1, 0.15) is 54.4 Å². The average molecular weight is 1160 g/mol. The molecule has 22 N–H and O–H groups in total. The smallest absolute Gasteiger partial charge is 0.245 e. The summed E-state index contributed by atoms with van der Waals surface area (Å²) < 4.78 is 0. The molecule has 12 atom stereocenters. The fourth-order valence-corrected chi connectivity index (χ4v) is 9.17. The largest absolute Gasteiger partial charge is 0.391 e. The second-order valence-corrected chi connectivity index (χ2v) is 21.1. The minimum Gasteiger partial charge on any atom is -0.391 e. The molecular weight excluding hydrogens is 1070 g/mol. The van der Waals surface area contributed by atoms with Gasteiger partial charge in [-0.2, -0.15) is 0 Å². The summed E-state index contributed by atoms with van der Waals surface area (Å²) in [5, 5.41) is 49.0. The number of hydrogen-bond acceptors (Lipinski definition) is 17. The number of aliphatic hydroxyl groups excluding tert-OH is 2. The van der Waals surface area contributed by atoms with Crippen LogP contribution in [0, 0.1) is 5.92 Å². The number of hydrogen-bond donors (Lipinski definition) is 17. The highest BCUT2D eigenvalue weighted by atomic mass is 16.3. The van der Waals surface area contributed by atoms with Gasteiger partial charge in [0.15, 0.2) is 0 Å². The van der Waals surface area contributed by atoms with Crippen LogP contribution in [-0.2, 0) is 54.4 Å². The van der Waals surface area contributed by atoms with Gasteiger partial charge in [-0.1, -0.05) is 80.6 Å². The molecule has 0 spiro atoms. The normalized spacial score (nSPS) is 22.8. The summed E-state index contributed by atoms with van der Waals surface area (Å²) in [6.07, 6.45) is -4.60. The minimum absolute atomic E-state index is 0.0521. The number of fused-ring (bicyclic) bond motifs is 1. The lowest BCUT2D eigenvalue weighted by molar-refractivity contribution is -0.136. The molecule has 27 nitrogen and oxygen atoms in total. The van der Waals surface area contributed by atoms with Crippen molar-refractivity contribution in [3.8, 4) is 0 Å². The number of benzene rings is 3. The van der Waals surface area contributed by atoms with E-state index in [1.807, 2.05) is 36.4 Å². The van der Waals surface area contributed by atoms with E-state index in [9.17, 15) is 58.2 Å². The van der Waals surface area contributed by atoms with E-state index in [0.29, 0.717) is 11.1 Å². The van der Waals surface area contributed by atoms with Gasteiger partial charge in [-0.25, -0.2) is 0 Å². The van der Waals surface area contributed by atoms with E-state index in [-0.39, 0.29) is 77.0 Å². The van der Waals surface area contributed by atoms with Gasteiger partial charge in [-0.05, 0) is 112 Å². The molecule has 2 unspecified atom stereocenters. The highest BCUT2D eigenvalue weighted by Crippen LogP contribution is 2.21. The molecule has 456 valence electrons. The lowest BCUT2D eigenvalue weighted by Gasteiger charge is -2.28. The fraction of sp³-hybridized carbons (Fsp3) is 0.536. The summed E-state index contributed by atoms with van der Waals surface area (Å²) in [7, 11) is 0. The minimum atomic E-state index is -1.68. The maximum absolute atomic E-state index is 14.5. The van der Waals surface area contributed by atoms with Gasteiger partial charge >= 0.3 is 0 Å². The van der Waals surface area contributed by atoms with Crippen LogP contribution in [0.3, 0.4) is 0 Å². The Bertz CT molecular complexity index is 2680. The number of amides is 10. The Labute approximate surface area is 482 Å². The Morgan fingerprint density at radius 3 is 1.66 bits per heavy atom. The molecule has 10 amide bonds. The Balaban J connectivity index is 1.70. The Morgan fingerprint density at radius 1 is 0.590 bits per heavy atom. The number of aliphatic hydroxyl groups is 2. The number of nitrogens with one attached hydrogen (secondary N) is 10. The van der Waals surface area contributed by atoms with Crippen LogP contribution in [0.5, 0.6) is 0 Å². The van der Waals surface area contributed by atoms with Crippen LogP contribution in [0.2, 0.25) is 0 Å². The summed E-state index contributed by atoms with van der Waals surface area (Å²) >= 11 is 0. The molecular formula is C56H85N15O12. The van der Waals surface area contributed by atoms with Crippen LogP contribution in [0.4, 0.5) is 0 Å². The number of carbonyl (C=O) groups excluding carboxylic acids is 10. The van der Waals surface area contributed by atoms with E-state index in [1.54, 1.807) is 50.2 Å². The average Bonchev–Trinajstić information content (AvgIpc) is 3.45. The van der Waals surface area contributed by atoms with Crippen LogP contribution in [-0.4, -0.2) is 169 Å². The maximum atomic E-state index is 14.5. The van der Waals surface area contributed by atoms with Crippen LogP contribution >= 0.6 is 0 Å². The third kappa shape index (κ3) is 21.6. The Hall–Kier alpha value is -7.66. The van der Waals surface area contributed by atoms with Crippen molar-refractivity contribution in [3.05, 3.63) is 83.9 Å². The topological polar surface area (TPSA) is 462 Å². The second kappa shape index (κ2) is 34.1. The van der Waals surface area contributed by atoms with Crippen molar-refractivity contribution in [2.24, 2.45) is 34.6 Å². The van der Waals surface area contributed by atoms with Crippen LogP contribution in [0.15, 0.2) is 72.8 Å². The van der Waals surface area contributed by atoms with Gasteiger partial charge < -0.3 is 92.0 Å². The summed E-state index contributed by atoms with van der Waals surface area (Å²) in [5.74, 6) is -9.22. The first-order valence-electron chi connectivity index (χ1n) is 27.9. The summed E-state index contributed by atoms with van der Waals surface area (Å²) in [6, 6.07) is 7.42. The number of rotatable bonds is 22. The first-order valence-corrected chi connectivity index (χ1v) is 27.9. The zero-order chi connectivity index (χ0) is 61.3. The van der Waals surface area contributed by atoms with Gasteiger partial charge in [0.2, 0.25) is 59.1 Å². The molecule has 1 aliphatic rings. The van der Waals surface area contributed by atoms with Gasteiger partial charge in [0.25, 0.3) is 0 Å². The van der Waals surface area contributed by atoms with Crippen LogP contribution < -0.4 is 81.8 Å². The third-order valence-electron chi connectivity index (χ3n) is 13.7. The molecule has 3 aromatic carbocycles. The first-order chi connectivity index (χ1) is 39.5. The van der Waals surface area contributed by atoms with Crippen molar-refractivity contribution in [2.75, 3.05) is 32.7 Å². The van der Waals surface area contributed by atoms with E-state index >= 15 is 0 Å². The van der Waals surface area contributed by atoms with Crippen molar-refractivity contribution in [3.63, 3.8) is 0 Å². The quantitative estimate of drug-likeness (QED) is 0.0451. The standard InChI is InChI=1S/C56H85N15O12/c1-30(2)26-43-53(80)65-38(16-21-57)48(75)64-41(19-24-60)52(79)71-46(31(3)72)55(82)62-25-20-42(51(78)63-39(17-22-58)50(77)69-44(54(81)68-43)27-33-10-6-5-7-11-33)66-49(76)40(18-23-59)67-56(83)47(32(4)73)70-45(74)29-37(61)36-15-14-34-12-8-9-13-35(34)28-36/h5-15,28,30-32,37-44,46-47,72-73H,16-27,29,57-61H2,1-4H3,(H,62,82)(H,63,78)(H,64,75)(H,65,80)(H,66,76)(H,67,83)(H,68,81)(H,69,77)(H,70,74)(H,71,79)/t31?,32?,37-,38-,39-,40-,41-,42-,43-,44+,46-,47-/m0/s1. The molecule has 0 radical (unpaired) electrons. The molecule has 1 fully saturated rings. The Morgan fingerprint density at radius 2 is 1.11 bits per heavy atom. The zero-order valence-electron chi connectivity index (χ0n) is 47.5. The van der Waals surface area contributed by atoms with E-state index in [2.05, 4.69) is 53.2 Å². The predicted molar refractivity (Wildman–Crippen MR) is 308 cm³/mol. The number of carbonyl (C=O) groups is 10. The lowest BCUT2D eigenvalue weighted by Crippen LogP contribution is -2.61. The molecule has 4 rings (SSSR count). The maximum Gasteiger partial charge on any atom is 0.245 e. The molecule has 1 saturated heterocycles. The van der Waals surface area contributed by atoms with E-state index in [1.165, 1.54) is 13.8 Å². The zero-order valence-corrected chi connectivity index (χ0v) is 47.5. The highest BCUT2D eigenvalue weighted by molar-refractivity contribution is 5.99. The van der Waals surface area contributed by atoms with Gasteiger partial charge in [0, 0.05) is 25.4 Å². The van der Waals surface area contributed by atoms with E-state index < -0.39 is 145 Å². The van der Waals surface area contributed by atoms with Gasteiger partial charge in [-0.3, -0.25) is 47.9 Å². The predicted octanol–water partition coefficient (Wildman–Crippen LogP) is -4.44. The van der Waals surface area contributed by atoms with Crippen molar-refractivity contribution in [1.29, 1.82) is 0 Å². The summed E-state index contributed by atoms with van der Waals surface area (Å²) in [5.41, 5.74) is 31.2. The van der Waals surface area contributed by atoms with Gasteiger partial charge in [0.05, 0.1) is 12.2 Å². The molecule has 3 aromatic rings. The van der Waals surface area contributed by atoms with Crippen LogP contribution in [0.25, 0.3) is 10.8 Å².